The highest BCUT2D eigenvalue weighted by atomic mass is 79.9. The lowest BCUT2D eigenvalue weighted by molar-refractivity contribution is 0.0207. The molecule has 0 spiro atoms. The molecule has 0 unspecified atom stereocenters. The number of piperidine rings is 1. The summed E-state index contributed by atoms with van der Waals surface area (Å²) in [6, 6.07) is 4.00. The second-order valence-electron chi connectivity index (χ2n) is 8.31. The van der Waals surface area contributed by atoms with Crippen molar-refractivity contribution in [2.24, 2.45) is 4.36 Å². The molecule has 1 amide bonds. The molecule has 0 bridgehead atoms. The molecule has 28 heavy (non-hydrogen) atoms. The first-order chi connectivity index (χ1) is 13.1. The van der Waals surface area contributed by atoms with E-state index in [4.69, 9.17) is 9.10 Å². The fourth-order valence-electron chi connectivity index (χ4n) is 3.36. The summed E-state index contributed by atoms with van der Waals surface area (Å²) in [6.45, 7) is 8.22. The van der Waals surface area contributed by atoms with Gasteiger partial charge < -0.3 is 14.5 Å². The monoisotopic (exact) mass is 472 g/mol. The summed E-state index contributed by atoms with van der Waals surface area (Å²) >= 11 is 3.40. The third-order valence-electron chi connectivity index (χ3n) is 4.85. The first-order valence-electron chi connectivity index (χ1n) is 9.70. The van der Waals surface area contributed by atoms with Crippen LogP contribution >= 0.6 is 15.9 Å². The summed E-state index contributed by atoms with van der Waals surface area (Å²) in [4.78, 5) is 20.5. The molecule has 0 radical (unpaired) electrons. The molecule has 0 atom stereocenters. The van der Waals surface area contributed by atoms with Crippen molar-refractivity contribution < 1.29 is 13.7 Å². The first-order valence-corrected chi connectivity index (χ1v) is 12.3. The number of hydrogen-bond acceptors (Lipinski definition) is 6. The summed E-state index contributed by atoms with van der Waals surface area (Å²) in [5, 5.41) is 0. The van der Waals surface area contributed by atoms with Gasteiger partial charge in [-0.2, -0.15) is 0 Å². The Morgan fingerprint density at radius 1 is 1.21 bits per heavy atom. The molecular formula is C19H29BrN4O3S. The summed E-state index contributed by atoms with van der Waals surface area (Å²) < 4.78 is 24.3. The van der Waals surface area contributed by atoms with Crippen LogP contribution in [0.15, 0.2) is 27.2 Å². The van der Waals surface area contributed by atoms with Gasteiger partial charge in [0.2, 0.25) is 0 Å². The van der Waals surface area contributed by atoms with E-state index in [9.17, 15) is 9.00 Å². The van der Waals surface area contributed by atoms with Crippen molar-refractivity contribution in [2.45, 2.75) is 45.3 Å². The molecule has 2 aliphatic heterocycles. The lowest BCUT2D eigenvalue weighted by atomic mass is 10.1. The number of rotatable bonds is 2. The van der Waals surface area contributed by atoms with Gasteiger partial charge in [-0.05, 0) is 61.7 Å². The molecule has 1 aromatic rings. The molecule has 156 valence electrons. The molecule has 2 saturated heterocycles. The zero-order chi connectivity index (χ0) is 20.4. The summed E-state index contributed by atoms with van der Waals surface area (Å²) in [5.41, 5.74) is -0.487. The highest BCUT2D eigenvalue weighted by molar-refractivity contribution is 9.10. The summed E-state index contributed by atoms with van der Waals surface area (Å²) in [5.74, 6) is 2.05. The highest BCUT2D eigenvalue weighted by Crippen LogP contribution is 2.22. The minimum absolute atomic E-state index is 0.0588. The third-order valence-corrected chi connectivity index (χ3v) is 7.65. The normalized spacial score (nSPS) is 20.7. The van der Waals surface area contributed by atoms with E-state index in [-0.39, 0.29) is 12.1 Å². The minimum atomic E-state index is -2.19. The second kappa shape index (κ2) is 8.57. The Labute approximate surface area is 176 Å². The average molecular weight is 473 g/mol. The van der Waals surface area contributed by atoms with Crippen LogP contribution in [0.5, 0.6) is 0 Å². The van der Waals surface area contributed by atoms with Gasteiger partial charge in [0.1, 0.15) is 11.4 Å². The second-order valence-corrected chi connectivity index (χ2v) is 11.8. The van der Waals surface area contributed by atoms with Crippen LogP contribution in [0.3, 0.4) is 0 Å². The van der Waals surface area contributed by atoms with Crippen molar-refractivity contribution in [3.63, 3.8) is 0 Å². The summed E-state index contributed by atoms with van der Waals surface area (Å²) in [6.07, 6.45) is 3.00. The van der Waals surface area contributed by atoms with E-state index in [1.807, 2.05) is 32.9 Å². The summed E-state index contributed by atoms with van der Waals surface area (Å²) in [7, 11) is -2.19. The Morgan fingerprint density at radius 3 is 2.39 bits per heavy atom. The maximum absolute atomic E-state index is 13.2. The van der Waals surface area contributed by atoms with Crippen LogP contribution in [0.2, 0.25) is 0 Å². The zero-order valence-corrected chi connectivity index (χ0v) is 19.2. The van der Waals surface area contributed by atoms with Gasteiger partial charge in [0, 0.05) is 48.4 Å². The number of carbonyl (C=O) groups is 1. The molecule has 0 saturated carbocycles. The predicted molar refractivity (Wildman–Crippen MR) is 115 cm³/mol. The van der Waals surface area contributed by atoms with Crippen molar-refractivity contribution >= 4 is 37.6 Å². The van der Waals surface area contributed by atoms with Crippen molar-refractivity contribution in [1.29, 1.82) is 0 Å². The van der Waals surface area contributed by atoms with E-state index < -0.39 is 15.3 Å². The van der Waals surface area contributed by atoms with Crippen molar-refractivity contribution in [3.8, 4) is 0 Å². The third kappa shape index (κ3) is 5.83. The topological polar surface area (TPSA) is 75.1 Å². The number of anilines is 1. The number of hydrogen-bond donors (Lipinski definition) is 0. The van der Waals surface area contributed by atoms with E-state index in [2.05, 4.69) is 25.8 Å². The zero-order valence-electron chi connectivity index (χ0n) is 16.8. The van der Waals surface area contributed by atoms with Gasteiger partial charge in [-0.3, -0.25) is 0 Å². The van der Waals surface area contributed by atoms with Crippen LogP contribution in [0.1, 0.15) is 33.6 Å². The van der Waals surface area contributed by atoms with Crippen LogP contribution in [0, 0.1) is 0 Å². The molecule has 1 aromatic heterocycles. The molecule has 0 aromatic carbocycles. The number of carbonyl (C=O) groups excluding carboxylic acids is 1. The predicted octanol–water partition coefficient (Wildman–Crippen LogP) is 3.53. The average Bonchev–Trinajstić information content (AvgIpc) is 2.62. The van der Waals surface area contributed by atoms with Gasteiger partial charge >= 0.3 is 6.09 Å². The largest absolute Gasteiger partial charge is 0.444 e. The molecule has 3 rings (SSSR count). The maximum Gasteiger partial charge on any atom is 0.410 e. The Balaban J connectivity index is 1.53. The van der Waals surface area contributed by atoms with Crippen molar-refractivity contribution in [2.75, 3.05) is 42.6 Å². The molecule has 0 N–H and O–H groups in total. The van der Waals surface area contributed by atoms with Gasteiger partial charge in [-0.15, -0.1) is 0 Å². The minimum Gasteiger partial charge on any atom is -0.444 e. The van der Waals surface area contributed by atoms with Gasteiger partial charge in [0.05, 0.1) is 15.8 Å². The number of halogens is 1. The SMILES string of the molecule is CC(C)(C)OC(=O)N1CCC(N=S2(=O)CCN(c3ccc(Br)cn3)CC2)CC1. The van der Waals surface area contributed by atoms with Gasteiger partial charge in [0.15, 0.2) is 0 Å². The number of pyridine rings is 1. The van der Waals surface area contributed by atoms with Crippen LogP contribution in [0.4, 0.5) is 10.6 Å². The van der Waals surface area contributed by atoms with Crippen LogP contribution in [0.25, 0.3) is 0 Å². The number of likely N-dealkylation sites (tertiary alicyclic amines) is 1. The molecular weight excluding hydrogens is 444 g/mol. The molecule has 0 aliphatic carbocycles. The Kier molecular flexibility index (Phi) is 6.54. The lowest BCUT2D eigenvalue weighted by Gasteiger charge is -2.33. The Bertz CT molecular complexity index is 793. The van der Waals surface area contributed by atoms with Crippen molar-refractivity contribution in [3.05, 3.63) is 22.8 Å². The lowest BCUT2D eigenvalue weighted by Crippen LogP contribution is -2.44. The molecule has 7 nitrogen and oxygen atoms in total. The number of nitrogens with zero attached hydrogens (tertiary/aromatic N) is 4. The quantitative estimate of drug-likeness (QED) is 0.657. The van der Waals surface area contributed by atoms with E-state index in [1.165, 1.54) is 0 Å². The van der Waals surface area contributed by atoms with Crippen molar-refractivity contribution in [1.82, 2.24) is 9.88 Å². The molecule has 2 aliphatic rings. The smallest absolute Gasteiger partial charge is 0.410 e. The number of aromatic nitrogens is 1. The first kappa shape index (κ1) is 21.4. The van der Waals surface area contributed by atoms with E-state index >= 15 is 0 Å². The molecule has 9 heteroatoms. The molecule has 3 heterocycles. The van der Waals surface area contributed by atoms with Gasteiger partial charge in [-0.1, -0.05) is 0 Å². The van der Waals surface area contributed by atoms with Crippen LogP contribution in [-0.2, 0) is 14.5 Å². The van der Waals surface area contributed by atoms with Crippen LogP contribution in [-0.4, -0.2) is 69.5 Å². The van der Waals surface area contributed by atoms with Gasteiger partial charge in [0.25, 0.3) is 0 Å². The van der Waals surface area contributed by atoms with E-state index in [0.717, 1.165) is 23.1 Å². The fraction of sp³-hybridized carbons (Fsp3) is 0.684. The number of amides is 1. The standard InChI is InChI=1S/C19H29BrN4O3S/c1-19(2,3)27-18(25)24-8-6-16(7-9-24)22-28(26)12-10-23(11-13-28)17-5-4-15(20)14-21-17/h4-5,14,16H,6-13H2,1-3H3. The fourth-order valence-corrected chi connectivity index (χ4v) is 5.78. The highest BCUT2D eigenvalue weighted by Gasteiger charge is 2.28. The maximum atomic E-state index is 13.2. The Hall–Kier alpha value is -1.35. The van der Waals surface area contributed by atoms with Crippen LogP contribution < -0.4 is 4.90 Å². The van der Waals surface area contributed by atoms with E-state index in [0.29, 0.717) is 37.7 Å². The van der Waals surface area contributed by atoms with Gasteiger partial charge in [-0.25, -0.2) is 18.4 Å². The number of ether oxygens (including phenoxy) is 1. The Morgan fingerprint density at radius 2 is 1.86 bits per heavy atom. The van der Waals surface area contributed by atoms with E-state index in [1.54, 1.807) is 11.1 Å². The molecule has 2 fully saturated rings.